The van der Waals surface area contributed by atoms with Crippen molar-refractivity contribution < 1.29 is 23.8 Å². The fourth-order valence-electron chi connectivity index (χ4n) is 3.01. The second-order valence-electron chi connectivity index (χ2n) is 7.12. The molecular formula is C20H40NO5P. The molecule has 0 fully saturated rings. The Morgan fingerprint density at radius 2 is 1.37 bits per heavy atom. The molecule has 1 amide bonds. The number of hydrogen-bond donors (Lipinski definition) is 1. The van der Waals surface area contributed by atoms with Crippen molar-refractivity contribution in [2.45, 2.75) is 97.0 Å². The molecule has 0 saturated heterocycles. The van der Waals surface area contributed by atoms with Gasteiger partial charge in [0.2, 0.25) is 8.03 Å². The number of rotatable bonds is 19. The number of ether oxygens (including phenoxy) is 1. The summed E-state index contributed by atoms with van der Waals surface area (Å²) in [5, 5.41) is 0. The molecule has 0 aliphatic heterocycles. The van der Waals surface area contributed by atoms with Crippen molar-refractivity contribution in [2.24, 2.45) is 0 Å². The molecule has 0 aromatic rings. The van der Waals surface area contributed by atoms with Crippen molar-refractivity contribution in [2.75, 3.05) is 19.4 Å². The minimum Gasteiger partial charge on any atom is -0.351 e. The lowest BCUT2D eigenvalue weighted by Gasteiger charge is -2.25. The molecule has 0 rings (SSSR count). The highest BCUT2D eigenvalue weighted by atomic mass is 31.1. The van der Waals surface area contributed by atoms with Crippen molar-refractivity contribution in [1.29, 1.82) is 0 Å². The van der Waals surface area contributed by atoms with Crippen LogP contribution in [-0.2, 0) is 18.9 Å². The normalized spacial score (nSPS) is 13.3. The highest BCUT2D eigenvalue weighted by molar-refractivity contribution is 7.37. The second kappa shape index (κ2) is 18.6. The van der Waals surface area contributed by atoms with Gasteiger partial charge in [-0.15, -0.1) is 0 Å². The van der Waals surface area contributed by atoms with E-state index >= 15 is 0 Å². The Bertz CT molecular complexity index is 390. The second-order valence-corrected chi connectivity index (χ2v) is 8.20. The molecule has 0 heterocycles. The van der Waals surface area contributed by atoms with Crippen molar-refractivity contribution in [3.63, 3.8) is 0 Å². The number of unbranched alkanes of at least 4 members (excludes halogenated alkanes) is 10. The lowest BCUT2D eigenvalue weighted by atomic mass is 10.1. The smallest absolute Gasteiger partial charge is 0.259 e. The van der Waals surface area contributed by atoms with Crippen molar-refractivity contribution >= 4 is 20.2 Å². The van der Waals surface area contributed by atoms with Crippen molar-refractivity contribution in [3.8, 4) is 0 Å². The molecule has 7 heteroatoms. The van der Waals surface area contributed by atoms with Gasteiger partial charge in [-0.1, -0.05) is 78.1 Å². The van der Waals surface area contributed by atoms with Gasteiger partial charge in [0.25, 0.3) is 5.91 Å². The highest BCUT2D eigenvalue weighted by Crippen LogP contribution is 2.15. The van der Waals surface area contributed by atoms with E-state index in [2.05, 4.69) is 13.8 Å². The first-order chi connectivity index (χ1) is 13.1. The zero-order valence-corrected chi connectivity index (χ0v) is 18.3. The molecule has 0 aliphatic rings. The van der Waals surface area contributed by atoms with Crippen LogP contribution in [0.2, 0.25) is 0 Å². The molecule has 0 aromatic carbocycles. The first-order valence-electron chi connectivity index (χ1n) is 10.6. The quantitative estimate of drug-likeness (QED) is 0.148. The number of aldehydes is 1. The third-order valence-corrected chi connectivity index (χ3v) is 5.04. The van der Waals surface area contributed by atoms with Gasteiger partial charge in [-0.3, -0.25) is 14.2 Å². The summed E-state index contributed by atoms with van der Waals surface area (Å²) in [4.78, 5) is 34.4. The van der Waals surface area contributed by atoms with Crippen molar-refractivity contribution in [3.05, 3.63) is 0 Å². The monoisotopic (exact) mass is 405 g/mol. The van der Waals surface area contributed by atoms with Crippen LogP contribution >= 0.6 is 8.03 Å². The summed E-state index contributed by atoms with van der Waals surface area (Å²) in [6.07, 6.45) is 12.3. The maximum absolute atomic E-state index is 12.6. The van der Waals surface area contributed by atoms with Crippen LogP contribution < -0.4 is 0 Å². The van der Waals surface area contributed by atoms with Gasteiger partial charge in [-0.2, -0.15) is 0 Å². The molecule has 2 unspecified atom stereocenters. The van der Waals surface area contributed by atoms with Crippen molar-refractivity contribution in [1.82, 2.24) is 4.90 Å². The van der Waals surface area contributed by atoms with E-state index in [4.69, 9.17) is 9.63 Å². The molecule has 0 spiro atoms. The van der Waals surface area contributed by atoms with Gasteiger partial charge in [0.05, 0.1) is 0 Å². The van der Waals surface area contributed by atoms with Crippen LogP contribution in [0, 0.1) is 0 Å². The Kier molecular flexibility index (Phi) is 18.2. The maximum atomic E-state index is 12.6. The predicted molar refractivity (Wildman–Crippen MR) is 110 cm³/mol. The van der Waals surface area contributed by atoms with E-state index in [-0.39, 0.29) is 5.91 Å². The average Bonchev–Trinajstić information content (AvgIpc) is 2.65. The number of nitrogens with zero attached hydrogens (tertiary/aromatic N) is 1. The van der Waals surface area contributed by atoms with Crippen LogP contribution in [0.3, 0.4) is 0 Å². The van der Waals surface area contributed by atoms with E-state index in [1.54, 1.807) is 4.90 Å². The van der Waals surface area contributed by atoms with Gasteiger partial charge >= 0.3 is 0 Å². The molecule has 1 N–H and O–H groups in total. The largest absolute Gasteiger partial charge is 0.351 e. The van der Waals surface area contributed by atoms with Crippen LogP contribution in [0.1, 0.15) is 90.9 Å². The van der Waals surface area contributed by atoms with Gasteiger partial charge in [0.15, 0.2) is 12.4 Å². The Morgan fingerprint density at radius 3 is 1.78 bits per heavy atom. The Hall–Kier alpha value is -0.710. The lowest BCUT2D eigenvalue weighted by Crippen LogP contribution is -2.42. The summed E-state index contributed by atoms with van der Waals surface area (Å²) in [6, 6.07) is 0. The van der Waals surface area contributed by atoms with E-state index in [9.17, 15) is 14.2 Å². The molecular weight excluding hydrogens is 365 g/mol. The SMILES string of the molecule is CCCCCCCCN(CCCCCCCC)C(=O)C(C=O)OC[PH](=O)O. The number of carbonyl (C=O) groups excluding carboxylic acids is 2. The molecule has 2 atom stereocenters. The summed E-state index contributed by atoms with van der Waals surface area (Å²) in [6.45, 7) is 5.59. The van der Waals surface area contributed by atoms with Gasteiger partial charge in [0.1, 0.15) is 6.35 Å². The van der Waals surface area contributed by atoms with Gasteiger partial charge in [0, 0.05) is 13.1 Å². The van der Waals surface area contributed by atoms with Crippen LogP contribution in [0.4, 0.5) is 0 Å². The summed E-state index contributed by atoms with van der Waals surface area (Å²) in [5.41, 5.74) is 0. The molecule has 0 saturated carbocycles. The van der Waals surface area contributed by atoms with Crippen LogP contribution in [0.25, 0.3) is 0 Å². The molecule has 0 bridgehead atoms. The Balaban J connectivity index is 4.46. The predicted octanol–water partition coefficient (Wildman–Crippen LogP) is 4.54. The summed E-state index contributed by atoms with van der Waals surface area (Å²) in [7, 11) is -2.86. The van der Waals surface area contributed by atoms with Crippen LogP contribution in [0.5, 0.6) is 0 Å². The summed E-state index contributed by atoms with van der Waals surface area (Å²) < 4.78 is 15.9. The maximum Gasteiger partial charge on any atom is 0.259 e. The first kappa shape index (κ1) is 26.3. The topological polar surface area (TPSA) is 83.9 Å². The minimum atomic E-state index is -2.86. The first-order valence-corrected chi connectivity index (χ1v) is 12.2. The van der Waals surface area contributed by atoms with Crippen LogP contribution in [0.15, 0.2) is 0 Å². The molecule has 27 heavy (non-hydrogen) atoms. The third-order valence-electron chi connectivity index (χ3n) is 4.63. The van der Waals surface area contributed by atoms with E-state index < -0.39 is 20.5 Å². The van der Waals surface area contributed by atoms with Crippen LogP contribution in [-0.4, -0.2) is 47.5 Å². The van der Waals surface area contributed by atoms with E-state index in [0.29, 0.717) is 19.4 Å². The molecule has 0 radical (unpaired) electrons. The number of amides is 1. The Labute approximate surface area is 165 Å². The Morgan fingerprint density at radius 1 is 0.926 bits per heavy atom. The molecule has 0 aliphatic carbocycles. The fraction of sp³-hybridized carbons (Fsp3) is 0.900. The number of hydrogen-bond acceptors (Lipinski definition) is 4. The molecule has 0 aromatic heterocycles. The van der Waals surface area contributed by atoms with E-state index in [1.807, 2.05) is 0 Å². The third kappa shape index (κ3) is 15.0. The summed E-state index contributed by atoms with van der Waals surface area (Å²) in [5.74, 6) is -0.379. The molecule has 6 nitrogen and oxygen atoms in total. The van der Waals surface area contributed by atoms with E-state index in [0.717, 1.165) is 38.5 Å². The number of carbonyl (C=O) groups is 2. The van der Waals surface area contributed by atoms with E-state index in [1.165, 1.54) is 38.5 Å². The molecule has 160 valence electrons. The fourth-order valence-corrected chi connectivity index (χ4v) is 3.33. The average molecular weight is 406 g/mol. The van der Waals surface area contributed by atoms with Gasteiger partial charge in [-0.05, 0) is 12.8 Å². The highest BCUT2D eigenvalue weighted by Gasteiger charge is 2.24. The standard InChI is InChI=1S/C20H40NO5P/c1-3-5-7-9-11-13-15-21(16-14-12-10-8-6-4-2)20(23)19(17-22)26-18-27(24)25/h17,19,27H,3-16,18H2,1-2H3,(H,24,25). The van der Waals surface area contributed by atoms with Gasteiger partial charge in [-0.25, -0.2) is 0 Å². The zero-order chi connectivity index (χ0) is 20.3. The minimum absolute atomic E-state index is 0.379. The lowest BCUT2D eigenvalue weighted by molar-refractivity contribution is -0.145. The van der Waals surface area contributed by atoms with Gasteiger partial charge < -0.3 is 14.5 Å². The zero-order valence-electron chi connectivity index (χ0n) is 17.3. The summed E-state index contributed by atoms with van der Waals surface area (Å²) >= 11 is 0.